The highest BCUT2D eigenvalue weighted by Gasteiger charge is 2.36. The molecule has 1 aromatic rings. The maximum atomic E-state index is 11.5. The molecule has 1 atom stereocenters. The van der Waals surface area contributed by atoms with Gasteiger partial charge in [0.2, 0.25) is 0 Å². The van der Waals surface area contributed by atoms with Gasteiger partial charge in [0.05, 0.1) is 21.3 Å². The maximum absolute atomic E-state index is 11.5. The number of ether oxygens (including phenoxy) is 3. The van der Waals surface area contributed by atoms with Crippen molar-refractivity contribution in [2.24, 2.45) is 0 Å². The first-order chi connectivity index (χ1) is 7.97. The van der Waals surface area contributed by atoms with Gasteiger partial charge >= 0.3 is 5.97 Å². The molecule has 0 aliphatic heterocycles. The Balaban J connectivity index is 3.26. The van der Waals surface area contributed by atoms with Crippen molar-refractivity contribution in [1.82, 2.24) is 0 Å². The van der Waals surface area contributed by atoms with E-state index in [0.29, 0.717) is 17.1 Å². The molecule has 0 saturated carbocycles. The number of aliphatic hydroxyl groups is 1. The van der Waals surface area contributed by atoms with Gasteiger partial charge in [-0.05, 0) is 19.1 Å². The number of rotatable bonds is 4. The molecule has 1 aromatic carbocycles. The molecule has 0 spiro atoms. The highest BCUT2D eigenvalue weighted by atomic mass is 16.5. The zero-order chi connectivity index (χ0) is 13.1. The summed E-state index contributed by atoms with van der Waals surface area (Å²) < 4.78 is 14.7. The normalized spacial score (nSPS) is 13.7. The van der Waals surface area contributed by atoms with E-state index >= 15 is 0 Å². The number of hydrogen-bond donors (Lipinski definition) is 1. The summed E-state index contributed by atoms with van der Waals surface area (Å²) in [6.45, 7) is 1.35. The van der Waals surface area contributed by atoms with E-state index in [1.54, 1.807) is 18.2 Å². The minimum absolute atomic E-state index is 0.327. The maximum Gasteiger partial charge on any atom is 0.342 e. The fourth-order valence-electron chi connectivity index (χ4n) is 1.51. The molecule has 5 nitrogen and oxygen atoms in total. The largest absolute Gasteiger partial charge is 0.497 e. The molecule has 0 saturated heterocycles. The van der Waals surface area contributed by atoms with Gasteiger partial charge in [-0.3, -0.25) is 0 Å². The van der Waals surface area contributed by atoms with Crippen molar-refractivity contribution in [3.8, 4) is 11.5 Å². The number of esters is 1. The van der Waals surface area contributed by atoms with E-state index in [4.69, 9.17) is 9.47 Å². The quantitative estimate of drug-likeness (QED) is 0.798. The molecule has 17 heavy (non-hydrogen) atoms. The van der Waals surface area contributed by atoms with Crippen LogP contribution in [0.5, 0.6) is 11.5 Å². The van der Waals surface area contributed by atoms with Gasteiger partial charge in [-0.15, -0.1) is 0 Å². The van der Waals surface area contributed by atoms with Gasteiger partial charge in [0.1, 0.15) is 11.5 Å². The second-order valence-electron chi connectivity index (χ2n) is 3.63. The number of methoxy groups -OCH3 is 3. The van der Waals surface area contributed by atoms with Gasteiger partial charge in [0.25, 0.3) is 0 Å². The summed E-state index contributed by atoms with van der Waals surface area (Å²) >= 11 is 0. The van der Waals surface area contributed by atoms with Crippen LogP contribution in [0.1, 0.15) is 12.5 Å². The zero-order valence-electron chi connectivity index (χ0n) is 10.3. The number of hydrogen-bond acceptors (Lipinski definition) is 5. The fraction of sp³-hybridized carbons (Fsp3) is 0.417. The number of benzene rings is 1. The third-order valence-electron chi connectivity index (χ3n) is 2.52. The van der Waals surface area contributed by atoms with E-state index < -0.39 is 11.6 Å². The molecule has 0 amide bonds. The lowest BCUT2D eigenvalue weighted by atomic mass is 9.95. The molecule has 1 unspecified atom stereocenters. The average molecular weight is 240 g/mol. The van der Waals surface area contributed by atoms with Crippen molar-refractivity contribution >= 4 is 5.97 Å². The molecule has 5 heteroatoms. The Morgan fingerprint density at radius 3 is 2.35 bits per heavy atom. The predicted molar refractivity (Wildman–Crippen MR) is 61.1 cm³/mol. The Hall–Kier alpha value is -1.75. The summed E-state index contributed by atoms with van der Waals surface area (Å²) in [6, 6.07) is 4.79. The van der Waals surface area contributed by atoms with Gasteiger partial charge in [-0.1, -0.05) is 0 Å². The molecule has 0 radical (unpaired) electrons. The summed E-state index contributed by atoms with van der Waals surface area (Å²) in [5, 5.41) is 10.1. The second-order valence-corrected chi connectivity index (χ2v) is 3.63. The Morgan fingerprint density at radius 2 is 1.88 bits per heavy atom. The van der Waals surface area contributed by atoms with Crippen LogP contribution in [0.15, 0.2) is 18.2 Å². The van der Waals surface area contributed by atoms with Crippen molar-refractivity contribution in [2.75, 3.05) is 21.3 Å². The molecule has 0 fully saturated rings. The van der Waals surface area contributed by atoms with Crippen molar-refractivity contribution in [1.29, 1.82) is 0 Å². The van der Waals surface area contributed by atoms with E-state index in [-0.39, 0.29) is 0 Å². The van der Waals surface area contributed by atoms with Crippen LogP contribution >= 0.6 is 0 Å². The first-order valence-electron chi connectivity index (χ1n) is 5.00. The predicted octanol–water partition coefficient (Wildman–Crippen LogP) is 1.08. The van der Waals surface area contributed by atoms with Gasteiger partial charge in [-0.25, -0.2) is 4.79 Å². The Bertz CT molecular complexity index is 411. The van der Waals surface area contributed by atoms with Crippen LogP contribution in [0, 0.1) is 0 Å². The molecule has 0 bridgehead atoms. The lowest BCUT2D eigenvalue weighted by molar-refractivity contribution is -0.161. The minimum Gasteiger partial charge on any atom is -0.497 e. The summed E-state index contributed by atoms with van der Waals surface area (Å²) in [7, 11) is 4.19. The molecule has 1 rings (SSSR count). The molecule has 94 valence electrons. The molecule has 0 aliphatic rings. The van der Waals surface area contributed by atoms with Gasteiger partial charge < -0.3 is 19.3 Å². The van der Waals surface area contributed by atoms with Crippen molar-refractivity contribution < 1.29 is 24.1 Å². The Labute approximate surface area is 99.9 Å². The minimum atomic E-state index is -1.76. The topological polar surface area (TPSA) is 65.0 Å². The highest BCUT2D eigenvalue weighted by molar-refractivity contribution is 5.81. The monoisotopic (exact) mass is 240 g/mol. The SMILES string of the molecule is COC(=O)C(C)(O)c1ccc(OC)cc1OC. The third kappa shape index (κ3) is 2.50. The van der Waals surface area contributed by atoms with E-state index in [9.17, 15) is 9.90 Å². The number of carbonyl (C=O) groups is 1. The van der Waals surface area contributed by atoms with Crippen LogP contribution < -0.4 is 9.47 Å². The summed E-state index contributed by atoms with van der Waals surface area (Å²) in [5.41, 5.74) is -1.43. The number of carbonyl (C=O) groups excluding carboxylic acids is 1. The van der Waals surface area contributed by atoms with Crippen LogP contribution in [0.2, 0.25) is 0 Å². The molecular weight excluding hydrogens is 224 g/mol. The highest BCUT2D eigenvalue weighted by Crippen LogP contribution is 2.33. The van der Waals surface area contributed by atoms with Crippen LogP contribution in [0.25, 0.3) is 0 Å². The summed E-state index contributed by atoms with van der Waals surface area (Å²) in [4.78, 5) is 11.5. The fourth-order valence-corrected chi connectivity index (χ4v) is 1.51. The van der Waals surface area contributed by atoms with Crippen molar-refractivity contribution in [3.05, 3.63) is 23.8 Å². The zero-order valence-corrected chi connectivity index (χ0v) is 10.3. The Morgan fingerprint density at radius 1 is 1.24 bits per heavy atom. The first kappa shape index (κ1) is 13.3. The lowest BCUT2D eigenvalue weighted by Gasteiger charge is -2.23. The molecular formula is C12H16O5. The van der Waals surface area contributed by atoms with Crippen molar-refractivity contribution in [2.45, 2.75) is 12.5 Å². The van der Waals surface area contributed by atoms with Crippen LogP contribution in [0.4, 0.5) is 0 Å². The molecule has 0 aliphatic carbocycles. The molecule has 0 aromatic heterocycles. The van der Waals surface area contributed by atoms with E-state index in [1.807, 2.05) is 0 Å². The van der Waals surface area contributed by atoms with Gasteiger partial charge in [-0.2, -0.15) is 0 Å². The first-order valence-corrected chi connectivity index (χ1v) is 5.00. The van der Waals surface area contributed by atoms with Gasteiger partial charge in [0, 0.05) is 11.6 Å². The average Bonchev–Trinajstić information content (AvgIpc) is 2.36. The molecule has 0 heterocycles. The van der Waals surface area contributed by atoms with E-state index in [2.05, 4.69) is 4.74 Å². The molecule has 1 N–H and O–H groups in total. The standard InChI is InChI=1S/C12H16O5/c1-12(14,11(13)17-4)9-6-5-8(15-2)7-10(9)16-3/h5-7,14H,1-4H3. The lowest BCUT2D eigenvalue weighted by Crippen LogP contribution is -2.33. The van der Waals surface area contributed by atoms with Crippen LogP contribution in [-0.2, 0) is 15.1 Å². The Kier molecular flexibility index (Phi) is 3.96. The van der Waals surface area contributed by atoms with Crippen molar-refractivity contribution in [3.63, 3.8) is 0 Å². The van der Waals surface area contributed by atoms with E-state index in [1.165, 1.54) is 28.3 Å². The summed E-state index contributed by atoms with van der Waals surface area (Å²) in [6.07, 6.45) is 0. The van der Waals surface area contributed by atoms with Gasteiger partial charge in [0.15, 0.2) is 5.60 Å². The van der Waals surface area contributed by atoms with E-state index in [0.717, 1.165) is 0 Å². The smallest absolute Gasteiger partial charge is 0.342 e. The van der Waals surface area contributed by atoms with Crippen LogP contribution in [-0.4, -0.2) is 32.4 Å². The second kappa shape index (κ2) is 5.05. The summed E-state index contributed by atoms with van der Waals surface area (Å²) in [5.74, 6) is 0.187. The third-order valence-corrected chi connectivity index (χ3v) is 2.52. The van der Waals surface area contributed by atoms with Crippen LogP contribution in [0.3, 0.4) is 0 Å².